The highest BCUT2D eigenvalue weighted by molar-refractivity contribution is 5.77. The van der Waals surface area contributed by atoms with Crippen LogP contribution in [0.3, 0.4) is 0 Å². The second-order valence-corrected chi connectivity index (χ2v) is 2.77. The summed E-state index contributed by atoms with van der Waals surface area (Å²) in [7, 11) is 0. The number of amides is 1. The van der Waals surface area contributed by atoms with E-state index >= 15 is 0 Å². The standard InChI is InChI=1S/C4H7NO.C4H8O/c6-4-2-1-3-5-4;1-2-4-5-3-1/h1-3H2,(H,5,6);1-4H2. The quantitative estimate of drug-likeness (QED) is 0.562. The van der Waals surface area contributed by atoms with Crippen molar-refractivity contribution >= 4 is 5.91 Å². The Bertz CT molecular complexity index is 106. The summed E-state index contributed by atoms with van der Waals surface area (Å²) in [6.07, 6.45) is 4.32. The number of carbonyl (C=O) groups excluding carboxylic acids is 1. The largest absolute Gasteiger partial charge is 0.381 e. The Morgan fingerprint density at radius 2 is 1.91 bits per heavy atom. The molecule has 11 heavy (non-hydrogen) atoms. The van der Waals surface area contributed by atoms with Gasteiger partial charge in [-0.25, -0.2) is 0 Å². The van der Waals surface area contributed by atoms with Gasteiger partial charge in [0.05, 0.1) is 0 Å². The molecule has 64 valence electrons. The summed E-state index contributed by atoms with van der Waals surface area (Å²) in [4.78, 5) is 10.1. The summed E-state index contributed by atoms with van der Waals surface area (Å²) in [6, 6.07) is 0. The summed E-state index contributed by atoms with van der Waals surface area (Å²) in [5, 5.41) is 2.68. The molecular formula is C8H15NO2. The molecule has 1 amide bonds. The predicted octanol–water partition coefficient (Wildman–Crippen LogP) is 0.693. The van der Waals surface area contributed by atoms with Gasteiger partial charge in [-0.1, -0.05) is 0 Å². The molecule has 1 N–H and O–H groups in total. The van der Waals surface area contributed by atoms with Crippen molar-refractivity contribution in [1.82, 2.24) is 5.32 Å². The average molecular weight is 157 g/mol. The molecule has 2 fully saturated rings. The van der Waals surface area contributed by atoms with Crippen molar-refractivity contribution in [3.05, 3.63) is 0 Å². The summed E-state index contributed by atoms with van der Waals surface area (Å²) in [5.41, 5.74) is 0. The molecule has 0 aromatic carbocycles. The predicted molar refractivity (Wildman–Crippen MR) is 42.3 cm³/mol. The molecule has 0 bridgehead atoms. The lowest BCUT2D eigenvalue weighted by Gasteiger charge is -1.80. The highest BCUT2D eigenvalue weighted by atomic mass is 16.5. The van der Waals surface area contributed by atoms with Crippen molar-refractivity contribution in [2.24, 2.45) is 0 Å². The smallest absolute Gasteiger partial charge is 0.220 e. The van der Waals surface area contributed by atoms with Crippen LogP contribution in [0.1, 0.15) is 25.7 Å². The van der Waals surface area contributed by atoms with Crippen molar-refractivity contribution in [3.8, 4) is 0 Å². The monoisotopic (exact) mass is 157 g/mol. The van der Waals surface area contributed by atoms with Gasteiger partial charge < -0.3 is 10.1 Å². The van der Waals surface area contributed by atoms with E-state index in [9.17, 15) is 4.79 Å². The Kier molecular flexibility index (Phi) is 3.98. The average Bonchev–Trinajstić information content (AvgIpc) is 2.57. The lowest BCUT2D eigenvalue weighted by atomic mass is 10.4. The Morgan fingerprint density at radius 3 is 2.09 bits per heavy atom. The van der Waals surface area contributed by atoms with Crippen LogP contribution in [0.25, 0.3) is 0 Å². The van der Waals surface area contributed by atoms with Gasteiger partial charge in [0, 0.05) is 26.2 Å². The Labute approximate surface area is 67.1 Å². The lowest BCUT2D eigenvalue weighted by molar-refractivity contribution is -0.119. The maximum atomic E-state index is 10.1. The minimum Gasteiger partial charge on any atom is -0.381 e. The third-order valence-corrected chi connectivity index (χ3v) is 1.73. The molecule has 0 radical (unpaired) electrons. The van der Waals surface area contributed by atoms with Crippen LogP contribution in [0, 0.1) is 0 Å². The van der Waals surface area contributed by atoms with Gasteiger partial charge in [-0.3, -0.25) is 4.79 Å². The van der Waals surface area contributed by atoms with E-state index in [1.807, 2.05) is 0 Å². The van der Waals surface area contributed by atoms with E-state index < -0.39 is 0 Å². The van der Waals surface area contributed by atoms with Crippen molar-refractivity contribution in [3.63, 3.8) is 0 Å². The van der Waals surface area contributed by atoms with Crippen LogP contribution in [-0.2, 0) is 9.53 Å². The fourth-order valence-corrected chi connectivity index (χ4v) is 1.08. The summed E-state index contributed by atoms with van der Waals surface area (Å²) < 4.78 is 4.94. The molecule has 2 heterocycles. The molecule has 3 heteroatoms. The van der Waals surface area contributed by atoms with E-state index in [0.717, 1.165) is 32.6 Å². The molecule has 0 aromatic rings. The first-order valence-corrected chi connectivity index (χ1v) is 4.24. The van der Waals surface area contributed by atoms with Crippen LogP contribution in [0.15, 0.2) is 0 Å². The molecule has 0 aromatic heterocycles. The molecule has 0 aliphatic carbocycles. The molecule has 0 spiro atoms. The van der Waals surface area contributed by atoms with Crippen LogP contribution < -0.4 is 5.32 Å². The van der Waals surface area contributed by atoms with Gasteiger partial charge in [0.25, 0.3) is 0 Å². The zero-order valence-electron chi connectivity index (χ0n) is 6.77. The molecular weight excluding hydrogens is 142 g/mol. The maximum Gasteiger partial charge on any atom is 0.220 e. The summed E-state index contributed by atoms with van der Waals surface area (Å²) in [6.45, 7) is 2.89. The molecule has 2 saturated heterocycles. The van der Waals surface area contributed by atoms with Gasteiger partial charge in [-0.05, 0) is 19.3 Å². The molecule has 2 aliphatic rings. The van der Waals surface area contributed by atoms with Crippen LogP contribution >= 0.6 is 0 Å². The maximum absolute atomic E-state index is 10.1. The van der Waals surface area contributed by atoms with Crippen LogP contribution in [0.5, 0.6) is 0 Å². The van der Waals surface area contributed by atoms with E-state index in [1.165, 1.54) is 12.8 Å². The Morgan fingerprint density at radius 1 is 1.18 bits per heavy atom. The lowest BCUT2D eigenvalue weighted by Crippen LogP contribution is -2.12. The van der Waals surface area contributed by atoms with Gasteiger partial charge in [-0.15, -0.1) is 0 Å². The number of rotatable bonds is 0. The van der Waals surface area contributed by atoms with Crippen molar-refractivity contribution in [1.29, 1.82) is 0 Å². The molecule has 2 rings (SSSR count). The summed E-state index contributed by atoms with van der Waals surface area (Å²) in [5.74, 6) is 0.204. The van der Waals surface area contributed by atoms with Crippen molar-refractivity contribution in [2.45, 2.75) is 25.7 Å². The first-order chi connectivity index (χ1) is 5.39. The number of hydrogen-bond donors (Lipinski definition) is 1. The third-order valence-electron chi connectivity index (χ3n) is 1.73. The van der Waals surface area contributed by atoms with Crippen molar-refractivity contribution in [2.75, 3.05) is 19.8 Å². The van der Waals surface area contributed by atoms with Gasteiger partial charge in [0.1, 0.15) is 0 Å². The van der Waals surface area contributed by atoms with Crippen molar-refractivity contribution < 1.29 is 9.53 Å². The fourth-order valence-electron chi connectivity index (χ4n) is 1.08. The minimum absolute atomic E-state index is 0.204. The summed E-state index contributed by atoms with van der Waals surface area (Å²) >= 11 is 0. The second-order valence-electron chi connectivity index (χ2n) is 2.77. The zero-order valence-corrected chi connectivity index (χ0v) is 6.77. The SMILES string of the molecule is C1CCOC1.O=C1CCCN1. The molecule has 0 unspecified atom stereocenters. The molecule has 0 saturated carbocycles. The van der Waals surface area contributed by atoms with E-state index in [2.05, 4.69) is 5.32 Å². The van der Waals surface area contributed by atoms with E-state index in [1.54, 1.807) is 0 Å². The number of nitrogens with one attached hydrogen (secondary N) is 1. The topological polar surface area (TPSA) is 38.3 Å². The van der Waals surface area contributed by atoms with Gasteiger partial charge in [0.15, 0.2) is 0 Å². The van der Waals surface area contributed by atoms with E-state index in [4.69, 9.17) is 4.74 Å². The first kappa shape index (κ1) is 8.53. The van der Waals surface area contributed by atoms with Gasteiger partial charge in [-0.2, -0.15) is 0 Å². The number of ether oxygens (including phenoxy) is 1. The Balaban J connectivity index is 0.000000112. The highest BCUT2D eigenvalue weighted by Crippen LogP contribution is 1.98. The zero-order chi connectivity index (χ0) is 7.94. The minimum atomic E-state index is 0.204. The number of hydrogen-bond acceptors (Lipinski definition) is 2. The molecule has 3 nitrogen and oxygen atoms in total. The van der Waals surface area contributed by atoms with Crippen LogP contribution in [0.4, 0.5) is 0 Å². The highest BCUT2D eigenvalue weighted by Gasteiger charge is 2.05. The number of carbonyl (C=O) groups is 1. The molecule has 2 aliphatic heterocycles. The van der Waals surface area contributed by atoms with Gasteiger partial charge in [0.2, 0.25) is 5.91 Å². The Hall–Kier alpha value is -0.570. The van der Waals surface area contributed by atoms with E-state index in [0.29, 0.717) is 0 Å². The molecule has 0 atom stereocenters. The van der Waals surface area contributed by atoms with Crippen LogP contribution in [0.2, 0.25) is 0 Å². The van der Waals surface area contributed by atoms with Crippen LogP contribution in [-0.4, -0.2) is 25.7 Å². The van der Waals surface area contributed by atoms with E-state index in [-0.39, 0.29) is 5.91 Å². The normalized spacial score (nSPS) is 22.4. The third kappa shape index (κ3) is 3.98. The fraction of sp³-hybridized carbons (Fsp3) is 0.875. The van der Waals surface area contributed by atoms with Gasteiger partial charge >= 0.3 is 0 Å². The second kappa shape index (κ2) is 5.13. The first-order valence-electron chi connectivity index (χ1n) is 4.24.